The molecule has 0 aromatic heterocycles. The Hall–Kier alpha value is -1.88. The van der Waals surface area contributed by atoms with Crippen LogP contribution in [0.1, 0.15) is 37.3 Å². The molecule has 1 spiro atoms. The van der Waals surface area contributed by atoms with Gasteiger partial charge < -0.3 is 14.4 Å². The predicted octanol–water partition coefficient (Wildman–Crippen LogP) is 1.86. The zero-order chi connectivity index (χ0) is 17.2. The van der Waals surface area contributed by atoms with Gasteiger partial charge in [-0.05, 0) is 43.7 Å². The number of benzene rings is 1. The Kier molecular flexibility index (Phi) is 3.26. The molecule has 1 unspecified atom stereocenters. The summed E-state index contributed by atoms with van der Waals surface area (Å²) in [6, 6.07) is 6.31. The molecule has 25 heavy (non-hydrogen) atoms. The fourth-order valence-corrected chi connectivity index (χ4v) is 5.88. The van der Waals surface area contributed by atoms with Crippen molar-refractivity contribution in [1.82, 2.24) is 4.90 Å². The van der Waals surface area contributed by atoms with Crippen LogP contribution in [0.25, 0.3) is 0 Å². The van der Waals surface area contributed by atoms with E-state index in [1.165, 1.54) is 11.1 Å². The third-order valence-electron chi connectivity index (χ3n) is 6.76. The maximum Gasteiger partial charge on any atom is 0.248 e. The summed E-state index contributed by atoms with van der Waals surface area (Å²) in [5, 5.41) is 0. The van der Waals surface area contributed by atoms with Gasteiger partial charge in [0, 0.05) is 36.6 Å². The van der Waals surface area contributed by atoms with E-state index < -0.39 is 0 Å². The van der Waals surface area contributed by atoms with Crippen LogP contribution in [-0.2, 0) is 26.2 Å². The van der Waals surface area contributed by atoms with Gasteiger partial charge in [0.25, 0.3) is 0 Å². The molecule has 132 valence electrons. The van der Waals surface area contributed by atoms with Gasteiger partial charge in [0.2, 0.25) is 5.91 Å². The minimum absolute atomic E-state index is 0.0775. The van der Waals surface area contributed by atoms with Crippen molar-refractivity contribution in [1.29, 1.82) is 0 Å². The first-order chi connectivity index (χ1) is 12.2. The highest BCUT2D eigenvalue weighted by Gasteiger charge is 2.65. The summed E-state index contributed by atoms with van der Waals surface area (Å²) in [7, 11) is 0. The summed E-state index contributed by atoms with van der Waals surface area (Å²) in [6.07, 6.45) is 2.73. The quantitative estimate of drug-likeness (QED) is 0.842. The van der Waals surface area contributed by atoms with E-state index in [-0.39, 0.29) is 35.9 Å². The molecule has 2 heterocycles. The van der Waals surface area contributed by atoms with Crippen LogP contribution in [0.15, 0.2) is 18.2 Å². The molecule has 4 aliphatic rings. The van der Waals surface area contributed by atoms with E-state index in [0.29, 0.717) is 25.5 Å². The zero-order valence-electron chi connectivity index (χ0n) is 14.5. The lowest BCUT2D eigenvalue weighted by Crippen LogP contribution is -2.67. The average Bonchev–Trinajstić information content (AvgIpc) is 2.95. The third-order valence-corrected chi connectivity index (χ3v) is 6.76. The maximum atomic E-state index is 12.7. The van der Waals surface area contributed by atoms with Crippen LogP contribution >= 0.6 is 0 Å². The van der Waals surface area contributed by atoms with Crippen molar-refractivity contribution in [2.24, 2.45) is 5.92 Å². The van der Waals surface area contributed by atoms with Gasteiger partial charge in [-0.3, -0.25) is 9.59 Å². The standard InChI is InChI=1S/C20H23NO4/c1-2-24-11-17(23)21-9-8-20-13-6-7-15(22)19(20)25-16-5-3-4-12(18(16)20)10-14(13)21/h3-5,13-14,19H,2,6-11H2,1H3/t13-,14+,19?,20-/m0/s1. The molecular formula is C20H23NO4. The number of nitrogens with zero attached hydrogens (tertiary/aromatic N) is 1. The molecule has 4 atom stereocenters. The minimum Gasteiger partial charge on any atom is -0.481 e. The highest BCUT2D eigenvalue weighted by atomic mass is 16.5. The molecule has 1 saturated carbocycles. The van der Waals surface area contributed by atoms with Gasteiger partial charge in [-0.1, -0.05) is 12.1 Å². The normalized spacial score (nSPS) is 34.5. The van der Waals surface area contributed by atoms with Gasteiger partial charge in [0.15, 0.2) is 11.9 Å². The number of hydrogen-bond acceptors (Lipinski definition) is 4. The van der Waals surface area contributed by atoms with Crippen molar-refractivity contribution in [3.05, 3.63) is 29.3 Å². The highest BCUT2D eigenvalue weighted by Crippen LogP contribution is 2.61. The molecule has 5 nitrogen and oxygen atoms in total. The fraction of sp³-hybridized carbons (Fsp3) is 0.600. The second kappa shape index (κ2) is 5.31. The van der Waals surface area contributed by atoms with Crippen LogP contribution in [0.3, 0.4) is 0 Å². The van der Waals surface area contributed by atoms with Crippen molar-refractivity contribution >= 4 is 11.7 Å². The Morgan fingerprint density at radius 1 is 1.44 bits per heavy atom. The van der Waals surface area contributed by atoms with Gasteiger partial charge in [-0.2, -0.15) is 0 Å². The SMILES string of the molecule is CCOCC(=O)N1CC[C@]23c4c5cccc4OC2C(=O)CC[C@H]3[C@H]1C5. The maximum absolute atomic E-state index is 12.7. The molecule has 5 rings (SSSR count). The third kappa shape index (κ3) is 1.87. The zero-order valence-corrected chi connectivity index (χ0v) is 14.5. The van der Waals surface area contributed by atoms with Gasteiger partial charge >= 0.3 is 0 Å². The monoisotopic (exact) mass is 341 g/mol. The van der Waals surface area contributed by atoms with E-state index in [1.807, 2.05) is 24.0 Å². The lowest BCUT2D eigenvalue weighted by atomic mass is 9.51. The van der Waals surface area contributed by atoms with Crippen LogP contribution in [0.4, 0.5) is 0 Å². The smallest absolute Gasteiger partial charge is 0.248 e. The largest absolute Gasteiger partial charge is 0.481 e. The van der Waals surface area contributed by atoms with Crippen molar-refractivity contribution < 1.29 is 19.1 Å². The number of Topliss-reactive ketones (excluding diaryl/α,β-unsaturated/α-hetero) is 1. The second-order valence-electron chi connectivity index (χ2n) is 7.69. The number of carbonyl (C=O) groups is 2. The molecule has 2 bridgehead atoms. The number of hydrogen-bond donors (Lipinski definition) is 0. The minimum atomic E-state index is -0.352. The van der Waals surface area contributed by atoms with Crippen molar-refractivity contribution in [2.75, 3.05) is 19.8 Å². The first-order valence-electron chi connectivity index (χ1n) is 9.35. The average molecular weight is 341 g/mol. The molecule has 2 aliphatic carbocycles. The van der Waals surface area contributed by atoms with E-state index in [0.717, 1.165) is 25.0 Å². The number of carbonyl (C=O) groups excluding carboxylic acids is 2. The second-order valence-corrected chi connectivity index (χ2v) is 7.69. The fourth-order valence-electron chi connectivity index (χ4n) is 5.88. The summed E-state index contributed by atoms with van der Waals surface area (Å²) in [5.41, 5.74) is 2.31. The number of amides is 1. The summed E-state index contributed by atoms with van der Waals surface area (Å²) in [6.45, 7) is 3.30. The molecular weight excluding hydrogens is 318 g/mol. The molecule has 0 radical (unpaired) electrons. The summed E-state index contributed by atoms with van der Waals surface area (Å²) in [5.74, 6) is 1.52. The molecule has 0 N–H and O–H groups in total. The summed E-state index contributed by atoms with van der Waals surface area (Å²) < 4.78 is 11.5. The Balaban J connectivity index is 1.60. The van der Waals surface area contributed by atoms with Crippen LogP contribution in [-0.4, -0.2) is 48.5 Å². The van der Waals surface area contributed by atoms with Crippen molar-refractivity contribution in [2.45, 2.75) is 50.2 Å². The van der Waals surface area contributed by atoms with Crippen LogP contribution < -0.4 is 4.74 Å². The molecule has 5 heteroatoms. The Morgan fingerprint density at radius 2 is 2.32 bits per heavy atom. The Labute approximate surface area is 147 Å². The van der Waals surface area contributed by atoms with Crippen LogP contribution in [0, 0.1) is 5.92 Å². The van der Waals surface area contributed by atoms with Crippen LogP contribution in [0.5, 0.6) is 5.75 Å². The molecule has 1 aromatic rings. The van der Waals surface area contributed by atoms with Gasteiger partial charge in [-0.25, -0.2) is 0 Å². The van der Waals surface area contributed by atoms with Crippen molar-refractivity contribution in [3.63, 3.8) is 0 Å². The van der Waals surface area contributed by atoms with Crippen LogP contribution in [0.2, 0.25) is 0 Å². The molecule has 1 amide bonds. The Morgan fingerprint density at radius 3 is 3.16 bits per heavy atom. The number of ketones is 1. The molecule has 2 aliphatic heterocycles. The van der Waals surface area contributed by atoms with Gasteiger partial charge in [0.05, 0.1) is 0 Å². The van der Waals surface area contributed by atoms with Gasteiger partial charge in [-0.15, -0.1) is 0 Å². The lowest BCUT2D eigenvalue weighted by molar-refractivity contribution is -0.151. The van der Waals surface area contributed by atoms with Crippen molar-refractivity contribution in [3.8, 4) is 5.75 Å². The molecule has 1 saturated heterocycles. The number of piperidine rings is 1. The molecule has 2 fully saturated rings. The topological polar surface area (TPSA) is 55.8 Å². The first kappa shape index (κ1) is 15.4. The van der Waals surface area contributed by atoms with E-state index in [9.17, 15) is 9.59 Å². The number of ether oxygens (including phenoxy) is 2. The first-order valence-corrected chi connectivity index (χ1v) is 9.35. The van der Waals surface area contributed by atoms with E-state index >= 15 is 0 Å². The summed E-state index contributed by atoms with van der Waals surface area (Å²) in [4.78, 5) is 27.4. The summed E-state index contributed by atoms with van der Waals surface area (Å²) >= 11 is 0. The van der Waals surface area contributed by atoms with Gasteiger partial charge in [0.1, 0.15) is 12.4 Å². The van der Waals surface area contributed by atoms with E-state index in [4.69, 9.17) is 9.47 Å². The highest BCUT2D eigenvalue weighted by molar-refractivity contribution is 5.89. The van der Waals surface area contributed by atoms with E-state index in [2.05, 4.69) is 6.07 Å². The number of likely N-dealkylation sites (tertiary alicyclic amines) is 1. The number of rotatable bonds is 3. The predicted molar refractivity (Wildman–Crippen MR) is 90.6 cm³/mol. The Bertz CT molecular complexity index is 760. The van der Waals surface area contributed by atoms with E-state index in [1.54, 1.807) is 0 Å². The molecule has 1 aromatic carbocycles. The lowest BCUT2D eigenvalue weighted by Gasteiger charge is -2.57.